The molecule has 0 aliphatic carbocycles. The second-order valence-electron chi connectivity index (χ2n) is 7.31. The summed E-state index contributed by atoms with van der Waals surface area (Å²) in [6.07, 6.45) is 3.83. The lowest BCUT2D eigenvalue weighted by atomic mass is 10.1. The summed E-state index contributed by atoms with van der Waals surface area (Å²) in [5, 5.41) is 13.6. The summed E-state index contributed by atoms with van der Waals surface area (Å²) in [6.45, 7) is 9.35. The highest BCUT2D eigenvalue weighted by Crippen LogP contribution is 2.28. The van der Waals surface area contributed by atoms with Gasteiger partial charge in [-0.2, -0.15) is 5.26 Å². The van der Waals surface area contributed by atoms with Crippen molar-refractivity contribution in [2.45, 2.75) is 26.3 Å². The first-order valence-corrected chi connectivity index (χ1v) is 9.04. The van der Waals surface area contributed by atoms with E-state index in [2.05, 4.69) is 25.1 Å². The number of aromatic nitrogens is 1. The fourth-order valence-corrected chi connectivity index (χ4v) is 3.25. The number of rotatable bonds is 1. The summed E-state index contributed by atoms with van der Waals surface area (Å²) in [5.41, 5.74) is 1.82. The molecule has 1 fully saturated rings. The van der Waals surface area contributed by atoms with E-state index in [4.69, 9.17) is 16.9 Å². The fourth-order valence-electron chi connectivity index (χ4n) is 3.09. The molecule has 2 heterocycles. The number of benzene rings is 1. The van der Waals surface area contributed by atoms with Crippen LogP contribution in [0.2, 0.25) is 5.02 Å². The Balaban J connectivity index is 1.79. The van der Waals surface area contributed by atoms with Gasteiger partial charge in [0.2, 0.25) is 5.96 Å². The third-order valence-electron chi connectivity index (χ3n) is 4.21. The van der Waals surface area contributed by atoms with E-state index in [1.54, 1.807) is 0 Å². The van der Waals surface area contributed by atoms with Crippen LogP contribution in [0.1, 0.15) is 20.8 Å². The second-order valence-corrected chi connectivity index (χ2v) is 7.75. The predicted octanol–water partition coefficient (Wildman–Crippen LogP) is 3.24. The highest BCUT2D eigenvalue weighted by Gasteiger charge is 2.23. The summed E-state index contributed by atoms with van der Waals surface area (Å²) in [5.74, 6) is 0.644. The maximum absolute atomic E-state index is 9.04. The van der Waals surface area contributed by atoms with Gasteiger partial charge in [0.05, 0.1) is 11.1 Å². The van der Waals surface area contributed by atoms with E-state index in [9.17, 15) is 0 Å². The van der Waals surface area contributed by atoms with E-state index in [0.717, 1.165) is 42.8 Å². The van der Waals surface area contributed by atoms with E-state index in [0.29, 0.717) is 11.0 Å². The van der Waals surface area contributed by atoms with Gasteiger partial charge >= 0.3 is 0 Å². The van der Waals surface area contributed by atoms with Gasteiger partial charge in [-0.05, 0) is 45.0 Å². The number of nitrogens with one attached hydrogen (secondary N) is 1. The molecule has 1 aliphatic rings. The fraction of sp³-hybridized carbons (Fsp3) is 0.421. The molecule has 0 spiro atoms. The maximum atomic E-state index is 9.04. The van der Waals surface area contributed by atoms with Crippen LogP contribution in [0.3, 0.4) is 0 Å². The number of aliphatic imine (C=N–C) groups is 1. The Bertz CT molecular complexity index is 856. The zero-order valence-corrected chi connectivity index (χ0v) is 16.1. The largest absolute Gasteiger partial charge is 0.367 e. The van der Waals surface area contributed by atoms with Crippen LogP contribution in [0.15, 0.2) is 35.5 Å². The van der Waals surface area contributed by atoms with Crippen LogP contribution in [-0.2, 0) is 0 Å². The molecule has 2 aromatic rings. The van der Waals surface area contributed by atoms with Crippen molar-refractivity contribution < 1.29 is 0 Å². The Hall–Kier alpha value is -2.52. The van der Waals surface area contributed by atoms with E-state index in [-0.39, 0.29) is 5.54 Å². The molecule has 136 valence electrons. The first-order chi connectivity index (χ1) is 12.4. The van der Waals surface area contributed by atoms with Crippen molar-refractivity contribution in [2.75, 3.05) is 31.1 Å². The quantitative estimate of drug-likeness (QED) is 0.361. The molecule has 0 bridgehead atoms. The van der Waals surface area contributed by atoms with Crippen LogP contribution < -0.4 is 10.2 Å². The second kappa shape index (κ2) is 7.38. The van der Waals surface area contributed by atoms with Gasteiger partial charge in [-0.3, -0.25) is 10.3 Å². The number of anilines is 1. The van der Waals surface area contributed by atoms with E-state index < -0.39 is 0 Å². The first kappa shape index (κ1) is 18.3. The van der Waals surface area contributed by atoms with Crippen LogP contribution in [0.4, 0.5) is 5.69 Å². The molecule has 1 saturated heterocycles. The average molecular weight is 371 g/mol. The van der Waals surface area contributed by atoms with Gasteiger partial charge in [0, 0.05) is 48.5 Å². The molecule has 1 aliphatic heterocycles. The lowest BCUT2D eigenvalue weighted by Gasteiger charge is -2.38. The molecular weight excluding hydrogens is 348 g/mol. The van der Waals surface area contributed by atoms with Crippen LogP contribution >= 0.6 is 11.6 Å². The van der Waals surface area contributed by atoms with Crippen LogP contribution in [0, 0.1) is 11.5 Å². The number of fused-ring (bicyclic) bond motifs is 1. The van der Waals surface area contributed by atoms with Gasteiger partial charge in [0.25, 0.3) is 0 Å². The highest BCUT2D eigenvalue weighted by molar-refractivity contribution is 6.31. The Morgan fingerprint density at radius 2 is 1.96 bits per heavy atom. The SMILES string of the molecule is CC(C)(C)N=C(NC#N)N1CCN(c2ccnc3cc(Cl)ccc23)CC1. The lowest BCUT2D eigenvalue weighted by molar-refractivity contribution is 0.371. The summed E-state index contributed by atoms with van der Waals surface area (Å²) >= 11 is 6.09. The number of halogens is 1. The maximum Gasteiger partial charge on any atom is 0.208 e. The van der Waals surface area contributed by atoms with Gasteiger partial charge in [-0.1, -0.05) is 11.6 Å². The van der Waals surface area contributed by atoms with Crippen molar-refractivity contribution in [2.24, 2.45) is 4.99 Å². The summed E-state index contributed by atoms with van der Waals surface area (Å²) in [4.78, 5) is 13.5. The molecule has 26 heavy (non-hydrogen) atoms. The molecule has 0 atom stereocenters. The van der Waals surface area contributed by atoms with Gasteiger partial charge in [-0.15, -0.1) is 0 Å². The van der Waals surface area contributed by atoms with Crippen molar-refractivity contribution in [3.8, 4) is 6.19 Å². The topological polar surface area (TPSA) is 67.6 Å². The molecule has 6 nitrogen and oxygen atoms in total. The van der Waals surface area contributed by atoms with Crippen LogP contribution in [-0.4, -0.2) is 47.6 Å². The molecule has 1 N–H and O–H groups in total. The molecule has 7 heteroatoms. The molecule has 1 aromatic heterocycles. The van der Waals surface area contributed by atoms with Crippen LogP contribution in [0.5, 0.6) is 0 Å². The Kier molecular flexibility index (Phi) is 5.19. The number of guanidine groups is 1. The van der Waals surface area contributed by atoms with Gasteiger partial charge in [0.1, 0.15) is 0 Å². The number of hydrogen-bond donors (Lipinski definition) is 1. The standard InChI is InChI=1S/C19H23ClN6/c1-19(2,3)24-18(23-13-21)26-10-8-25(9-11-26)17-6-7-22-16-12-14(20)4-5-15(16)17/h4-7,12H,8-11H2,1-3H3,(H,23,24). The van der Waals surface area contributed by atoms with Crippen molar-refractivity contribution in [1.82, 2.24) is 15.2 Å². The molecule has 0 radical (unpaired) electrons. The summed E-state index contributed by atoms with van der Waals surface area (Å²) < 4.78 is 0. The number of nitrogens with zero attached hydrogens (tertiary/aromatic N) is 5. The Labute approximate surface area is 159 Å². The Morgan fingerprint density at radius 3 is 2.62 bits per heavy atom. The third-order valence-corrected chi connectivity index (χ3v) is 4.45. The minimum absolute atomic E-state index is 0.239. The first-order valence-electron chi connectivity index (χ1n) is 8.66. The summed E-state index contributed by atoms with van der Waals surface area (Å²) in [7, 11) is 0. The smallest absolute Gasteiger partial charge is 0.208 e. The molecule has 1 aromatic carbocycles. The van der Waals surface area contributed by atoms with Gasteiger partial charge in [0.15, 0.2) is 6.19 Å². The van der Waals surface area contributed by atoms with Crippen molar-refractivity contribution in [3.05, 3.63) is 35.5 Å². The van der Waals surface area contributed by atoms with E-state index in [1.165, 1.54) is 0 Å². The zero-order chi connectivity index (χ0) is 18.7. The van der Waals surface area contributed by atoms with E-state index >= 15 is 0 Å². The number of piperazine rings is 1. The summed E-state index contributed by atoms with van der Waals surface area (Å²) in [6, 6.07) is 7.86. The van der Waals surface area contributed by atoms with Gasteiger partial charge in [-0.25, -0.2) is 4.99 Å². The lowest BCUT2D eigenvalue weighted by Crippen LogP contribution is -2.52. The predicted molar refractivity (Wildman–Crippen MR) is 106 cm³/mol. The Morgan fingerprint density at radius 1 is 1.23 bits per heavy atom. The number of nitriles is 1. The van der Waals surface area contributed by atoms with Gasteiger partial charge < -0.3 is 9.80 Å². The minimum Gasteiger partial charge on any atom is -0.367 e. The zero-order valence-electron chi connectivity index (χ0n) is 15.3. The van der Waals surface area contributed by atoms with Crippen molar-refractivity contribution in [1.29, 1.82) is 5.26 Å². The molecule has 3 rings (SSSR count). The van der Waals surface area contributed by atoms with E-state index in [1.807, 2.05) is 57.4 Å². The molecule has 0 unspecified atom stereocenters. The average Bonchev–Trinajstić information content (AvgIpc) is 2.60. The van der Waals surface area contributed by atoms with Crippen molar-refractivity contribution in [3.63, 3.8) is 0 Å². The molecular formula is C19H23ClN6. The molecule has 0 amide bonds. The minimum atomic E-state index is -0.239. The normalized spacial score (nSPS) is 15.9. The van der Waals surface area contributed by atoms with Crippen LogP contribution in [0.25, 0.3) is 10.9 Å². The number of pyridine rings is 1. The molecule has 0 saturated carbocycles. The monoisotopic (exact) mass is 370 g/mol. The third kappa shape index (κ3) is 4.17. The van der Waals surface area contributed by atoms with Crippen molar-refractivity contribution >= 4 is 34.2 Å². The number of hydrogen-bond acceptors (Lipinski definition) is 4. The highest BCUT2D eigenvalue weighted by atomic mass is 35.5.